The molecule has 0 aliphatic heterocycles. The first-order valence-electron chi connectivity index (χ1n) is 5.88. The van der Waals surface area contributed by atoms with E-state index in [4.69, 9.17) is 25.8 Å². The lowest BCUT2D eigenvalue weighted by Crippen LogP contribution is -1.95. The molecule has 0 spiro atoms. The fraction of sp³-hybridized carbons (Fsp3) is 0.385. The van der Waals surface area contributed by atoms with Crippen LogP contribution in [-0.2, 0) is 0 Å². The van der Waals surface area contributed by atoms with Crippen molar-refractivity contribution >= 4 is 22.9 Å². The molecule has 108 valence electrons. The quantitative estimate of drug-likeness (QED) is 0.790. The maximum Gasteiger partial charge on any atom is 0.203 e. The van der Waals surface area contributed by atoms with Gasteiger partial charge < -0.3 is 14.2 Å². The van der Waals surface area contributed by atoms with Gasteiger partial charge >= 0.3 is 0 Å². The summed E-state index contributed by atoms with van der Waals surface area (Å²) in [5.74, 6) is 1.71. The minimum atomic E-state index is -0.164. The summed E-state index contributed by atoms with van der Waals surface area (Å²) in [5.41, 5.74) is 0.848. The number of aromatic nitrogens is 2. The zero-order valence-corrected chi connectivity index (χ0v) is 13.2. The Balaban J connectivity index is 2.50. The number of hydrogen-bond acceptors (Lipinski definition) is 6. The van der Waals surface area contributed by atoms with Gasteiger partial charge in [0.25, 0.3) is 0 Å². The minimum absolute atomic E-state index is 0.164. The van der Waals surface area contributed by atoms with Gasteiger partial charge in [-0.2, -0.15) is 0 Å². The maximum atomic E-state index is 6.01. The fourth-order valence-electron chi connectivity index (χ4n) is 1.72. The van der Waals surface area contributed by atoms with E-state index >= 15 is 0 Å². The van der Waals surface area contributed by atoms with Crippen molar-refractivity contribution in [3.05, 3.63) is 17.1 Å². The zero-order chi connectivity index (χ0) is 14.7. The predicted molar refractivity (Wildman–Crippen MR) is 79.3 cm³/mol. The van der Waals surface area contributed by atoms with Gasteiger partial charge in [0.05, 0.1) is 26.7 Å². The van der Waals surface area contributed by atoms with Crippen molar-refractivity contribution in [1.82, 2.24) is 10.2 Å². The first kappa shape index (κ1) is 14.9. The average molecular weight is 315 g/mol. The van der Waals surface area contributed by atoms with E-state index in [1.807, 2.05) is 19.1 Å². The van der Waals surface area contributed by atoms with E-state index < -0.39 is 0 Å². The highest BCUT2D eigenvalue weighted by atomic mass is 35.5. The van der Waals surface area contributed by atoms with E-state index in [-0.39, 0.29) is 5.38 Å². The number of halogens is 1. The minimum Gasteiger partial charge on any atom is -0.493 e. The molecule has 0 aliphatic rings. The summed E-state index contributed by atoms with van der Waals surface area (Å²) in [4.78, 5) is 0. The highest BCUT2D eigenvalue weighted by Gasteiger charge is 2.17. The third-order valence-electron chi connectivity index (χ3n) is 2.69. The van der Waals surface area contributed by atoms with Crippen LogP contribution >= 0.6 is 22.9 Å². The Kier molecular flexibility index (Phi) is 4.67. The monoisotopic (exact) mass is 314 g/mol. The van der Waals surface area contributed by atoms with Crippen LogP contribution in [0.1, 0.15) is 17.3 Å². The van der Waals surface area contributed by atoms with Crippen LogP contribution in [0.4, 0.5) is 0 Å². The summed E-state index contributed by atoms with van der Waals surface area (Å²) < 4.78 is 15.9. The Labute approximate surface area is 126 Å². The molecule has 2 aromatic rings. The third kappa shape index (κ3) is 2.81. The number of methoxy groups -OCH3 is 3. The van der Waals surface area contributed by atoms with Crippen LogP contribution in [0, 0.1) is 0 Å². The highest BCUT2D eigenvalue weighted by molar-refractivity contribution is 7.15. The van der Waals surface area contributed by atoms with Gasteiger partial charge in [-0.15, -0.1) is 21.8 Å². The molecule has 0 fully saturated rings. The highest BCUT2D eigenvalue weighted by Crippen LogP contribution is 2.42. The van der Waals surface area contributed by atoms with Crippen molar-refractivity contribution in [3.8, 4) is 27.8 Å². The van der Waals surface area contributed by atoms with Crippen LogP contribution < -0.4 is 14.2 Å². The van der Waals surface area contributed by atoms with Gasteiger partial charge in [0.1, 0.15) is 10.0 Å². The molecule has 7 heteroatoms. The Hall–Kier alpha value is -1.53. The first-order chi connectivity index (χ1) is 9.60. The van der Waals surface area contributed by atoms with Crippen LogP contribution in [0.2, 0.25) is 0 Å². The lowest BCUT2D eigenvalue weighted by Gasteiger charge is -2.13. The van der Waals surface area contributed by atoms with E-state index in [0.717, 1.165) is 15.6 Å². The van der Waals surface area contributed by atoms with E-state index in [1.165, 1.54) is 11.3 Å². The van der Waals surface area contributed by atoms with Crippen molar-refractivity contribution in [2.75, 3.05) is 21.3 Å². The average Bonchev–Trinajstić information content (AvgIpc) is 2.95. The molecule has 2 rings (SSSR count). The number of hydrogen-bond donors (Lipinski definition) is 0. The van der Waals surface area contributed by atoms with Gasteiger partial charge in [-0.25, -0.2) is 0 Å². The second-order valence-electron chi connectivity index (χ2n) is 3.98. The smallest absolute Gasteiger partial charge is 0.203 e. The van der Waals surface area contributed by atoms with Crippen molar-refractivity contribution in [3.63, 3.8) is 0 Å². The summed E-state index contributed by atoms with van der Waals surface area (Å²) in [7, 11) is 4.72. The standard InChI is InChI=1S/C13H15ClN2O3S/c1-7(14)12-15-16-13(20-12)8-5-9(17-2)11(19-4)10(6-8)18-3/h5-7H,1-4H3. The Bertz CT molecular complexity index is 576. The molecule has 1 heterocycles. The fourth-order valence-corrected chi connectivity index (χ4v) is 2.65. The van der Waals surface area contributed by atoms with Gasteiger partial charge in [0, 0.05) is 5.56 Å². The van der Waals surface area contributed by atoms with Crippen LogP contribution in [0.25, 0.3) is 10.6 Å². The molecule has 1 atom stereocenters. The first-order valence-corrected chi connectivity index (χ1v) is 7.13. The summed E-state index contributed by atoms with van der Waals surface area (Å²) in [6, 6.07) is 3.68. The SMILES string of the molecule is COc1cc(-c2nnc(C(C)Cl)s2)cc(OC)c1OC. The molecule has 0 radical (unpaired) electrons. The molecule has 0 aliphatic carbocycles. The topological polar surface area (TPSA) is 53.5 Å². The van der Waals surface area contributed by atoms with Crippen molar-refractivity contribution in [2.24, 2.45) is 0 Å². The van der Waals surface area contributed by atoms with Gasteiger partial charge in [-0.05, 0) is 19.1 Å². The number of benzene rings is 1. The van der Waals surface area contributed by atoms with Crippen molar-refractivity contribution in [2.45, 2.75) is 12.3 Å². The second-order valence-corrected chi connectivity index (χ2v) is 5.64. The molecule has 20 heavy (non-hydrogen) atoms. The van der Waals surface area contributed by atoms with Gasteiger partial charge in [0.15, 0.2) is 11.5 Å². The molecule has 5 nitrogen and oxygen atoms in total. The summed E-state index contributed by atoms with van der Waals surface area (Å²) >= 11 is 7.45. The van der Waals surface area contributed by atoms with Gasteiger partial charge in [-0.3, -0.25) is 0 Å². The van der Waals surface area contributed by atoms with Crippen LogP contribution in [0.3, 0.4) is 0 Å². The normalized spacial score (nSPS) is 12.1. The predicted octanol–water partition coefficient (Wildman–Crippen LogP) is 3.53. The molecular formula is C13H15ClN2O3S. The zero-order valence-electron chi connectivity index (χ0n) is 11.6. The molecule has 0 bridgehead atoms. The summed E-state index contributed by atoms with van der Waals surface area (Å²) in [5, 5.41) is 9.58. The van der Waals surface area contributed by atoms with Crippen molar-refractivity contribution in [1.29, 1.82) is 0 Å². The molecule has 1 unspecified atom stereocenters. The number of nitrogens with zero attached hydrogens (tertiary/aromatic N) is 2. The van der Waals surface area contributed by atoms with E-state index in [2.05, 4.69) is 10.2 Å². The number of rotatable bonds is 5. The molecule has 1 aromatic carbocycles. The Morgan fingerprint density at radius 2 is 1.65 bits per heavy atom. The molecule has 0 saturated carbocycles. The summed E-state index contributed by atoms with van der Waals surface area (Å²) in [6.07, 6.45) is 0. The third-order valence-corrected chi connectivity index (χ3v) is 4.18. The maximum absolute atomic E-state index is 6.01. The van der Waals surface area contributed by atoms with Crippen LogP contribution in [-0.4, -0.2) is 31.5 Å². The van der Waals surface area contributed by atoms with Gasteiger partial charge in [-0.1, -0.05) is 11.3 Å². The second kappa shape index (κ2) is 6.28. The molecular weight excluding hydrogens is 300 g/mol. The lowest BCUT2D eigenvalue weighted by atomic mass is 10.2. The molecule has 0 N–H and O–H groups in total. The Morgan fingerprint density at radius 3 is 2.05 bits per heavy atom. The molecule has 0 amide bonds. The molecule has 1 aromatic heterocycles. The van der Waals surface area contributed by atoms with Crippen molar-refractivity contribution < 1.29 is 14.2 Å². The van der Waals surface area contributed by atoms with Crippen LogP contribution in [0.15, 0.2) is 12.1 Å². The lowest BCUT2D eigenvalue weighted by molar-refractivity contribution is 0.324. The van der Waals surface area contributed by atoms with Crippen LogP contribution in [0.5, 0.6) is 17.2 Å². The van der Waals surface area contributed by atoms with E-state index in [1.54, 1.807) is 21.3 Å². The van der Waals surface area contributed by atoms with E-state index in [9.17, 15) is 0 Å². The largest absolute Gasteiger partial charge is 0.493 e. The number of alkyl halides is 1. The van der Waals surface area contributed by atoms with E-state index in [0.29, 0.717) is 17.2 Å². The number of ether oxygens (including phenoxy) is 3. The summed E-state index contributed by atoms with van der Waals surface area (Å²) in [6.45, 7) is 1.86. The Morgan fingerprint density at radius 1 is 1.05 bits per heavy atom. The van der Waals surface area contributed by atoms with Gasteiger partial charge in [0.2, 0.25) is 5.75 Å². The molecule has 0 saturated heterocycles.